The number of carbonyl (C=O) groups excluding carboxylic acids is 1. The second kappa shape index (κ2) is 7.42. The van der Waals surface area contributed by atoms with E-state index in [-0.39, 0.29) is 23.5 Å². The first-order chi connectivity index (χ1) is 13.1. The van der Waals surface area contributed by atoms with Crippen LogP contribution in [0.15, 0.2) is 35.1 Å². The third-order valence-electron chi connectivity index (χ3n) is 5.62. The fourth-order valence-electron chi connectivity index (χ4n) is 4.25. The normalized spacial score (nSPS) is 19.7. The Labute approximate surface area is 158 Å². The van der Waals surface area contributed by atoms with Crippen molar-refractivity contribution in [2.45, 2.75) is 44.1 Å². The lowest BCUT2D eigenvalue weighted by atomic mass is 9.97. The number of hydrogen-bond acceptors (Lipinski definition) is 5. The Morgan fingerprint density at radius 1 is 1.26 bits per heavy atom. The quantitative estimate of drug-likeness (QED) is 0.761. The molecular formula is C20H25N5O2. The molecule has 1 aliphatic heterocycles. The number of aromatic nitrogens is 2. The Morgan fingerprint density at radius 3 is 2.81 bits per heavy atom. The highest BCUT2D eigenvalue weighted by Crippen LogP contribution is 2.35. The first kappa shape index (κ1) is 17.6. The fraction of sp³-hybridized carbons (Fsp3) is 0.450. The number of nitrogen functional groups attached to an aromatic ring is 1. The molecule has 4 N–H and O–H groups in total. The highest BCUT2D eigenvalue weighted by Gasteiger charge is 2.26. The molecule has 1 fully saturated rings. The number of H-pyrrole nitrogens is 1. The molecule has 1 aliphatic carbocycles. The van der Waals surface area contributed by atoms with E-state index in [4.69, 9.17) is 5.73 Å². The molecule has 1 atom stereocenters. The Bertz CT molecular complexity index is 886. The number of rotatable bonds is 4. The third-order valence-corrected chi connectivity index (χ3v) is 5.62. The fourth-order valence-corrected chi connectivity index (χ4v) is 4.25. The van der Waals surface area contributed by atoms with Crippen molar-refractivity contribution in [3.63, 3.8) is 0 Å². The van der Waals surface area contributed by atoms with Crippen LogP contribution in [0.3, 0.4) is 0 Å². The van der Waals surface area contributed by atoms with Gasteiger partial charge in [0.2, 0.25) is 11.9 Å². The molecule has 7 nitrogen and oxygen atoms in total. The predicted octanol–water partition coefficient (Wildman–Crippen LogP) is 1.56. The zero-order chi connectivity index (χ0) is 18.8. The van der Waals surface area contributed by atoms with Crippen LogP contribution < -0.4 is 21.5 Å². The van der Waals surface area contributed by atoms with E-state index in [1.807, 2.05) is 4.90 Å². The summed E-state index contributed by atoms with van der Waals surface area (Å²) in [6, 6.07) is 10.1. The summed E-state index contributed by atoms with van der Waals surface area (Å²) < 4.78 is 0. The van der Waals surface area contributed by atoms with E-state index in [2.05, 4.69) is 39.6 Å². The first-order valence-electron chi connectivity index (χ1n) is 9.57. The molecule has 1 aromatic heterocycles. The van der Waals surface area contributed by atoms with Gasteiger partial charge in [-0.2, -0.15) is 4.98 Å². The van der Waals surface area contributed by atoms with Gasteiger partial charge in [0.05, 0.1) is 0 Å². The van der Waals surface area contributed by atoms with Gasteiger partial charge in [0.25, 0.3) is 5.56 Å². The van der Waals surface area contributed by atoms with Crippen molar-refractivity contribution in [1.29, 1.82) is 0 Å². The lowest BCUT2D eigenvalue weighted by Crippen LogP contribution is -2.45. The summed E-state index contributed by atoms with van der Waals surface area (Å²) in [5, 5.41) is 3.19. The molecular weight excluding hydrogens is 342 g/mol. The molecule has 4 rings (SSSR count). The van der Waals surface area contributed by atoms with Crippen molar-refractivity contribution in [2.75, 3.05) is 23.7 Å². The minimum Gasteiger partial charge on any atom is -0.369 e. The lowest BCUT2D eigenvalue weighted by Gasteiger charge is -2.33. The van der Waals surface area contributed by atoms with Crippen LogP contribution in [-0.4, -0.2) is 35.0 Å². The van der Waals surface area contributed by atoms with Gasteiger partial charge in [0.15, 0.2) is 0 Å². The van der Waals surface area contributed by atoms with Crippen LogP contribution in [0.5, 0.6) is 0 Å². The van der Waals surface area contributed by atoms with Gasteiger partial charge in [-0.3, -0.25) is 14.6 Å². The molecule has 0 bridgehead atoms. The van der Waals surface area contributed by atoms with Gasteiger partial charge in [-0.25, -0.2) is 0 Å². The second-order valence-electron chi connectivity index (χ2n) is 7.46. The van der Waals surface area contributed by atoms with Crippen molar-refractivity contribution in [2.24, 2.45) is 0 Å². The molecule has 1 aromatic carbocycles. The number of aryl methyl sites for hydroxylation is 1. The van der Waals surface area contributed by atoms with Gasteiger partial charge < -0.3 is 16.0 Å². The van der Waals surface area contributed by atoms with Crippen LogP contribution in [-0.2, 0) is 11.2 Å². The maximum Gasteiger partial charge on any atom is 0.254 e. The van der Waals surface area contributed by atoms with Gasteiger partial charge in [0.1, 0.15) is 5.82 Å². The molecule has 0 spiro atoms. The number of anilines is 2. The summed E-state index contributed by atoms with van der Waals surface area (Å²) in [7, 11) is 0. The molecule has 0 saturated carbocycles. The highest BCUT2D eigenvalue weighted by molar-refractivity contribution is 5.77. The smallest absolute Gasteiger partial charge is 0.254 e. The first-order valence-corrected chi connectivity index (χ1v) is 9.57. The highest BCUT2D eigenvalue weighted by atomic mass is 16.1. The monoisotopic (exact) mass is 367 g/mol. The van der Waals surface area contributed by atoms with Crippen molar-refractivity contribution >= 4 is 17.7 Å². The number of piperidine rings is 1. The van der Waals surface area contributed by atoms with Crippen molar-refractivity contribution in [3.8, 4) is 0 Å². The van der Waals surface area contributed by atoms with E-state index < -0.39 is 0 Å². The largest absolute Gasteiger partial charge is 0.369 e. The average molecular weight is 367 g/mol. The van der Waals surface area contributed by atoms with E-state index in [0.29, 0.717) is 18.2 Å². The molecule has 0 radical (unpaired) electrons. The summed E-state index contributed by atoms with van der Waals surface area (Å²) in [5.74, 6) is 1.20. The molecule has 1 amide bonds. The maximum absolute atomic E-state index is 12.5. The molecule has 2 heterocycles. The second-order valence-corrected chi connectivity index (χ2v) is 7.46. The predicted molar refractivity (Wildman–Crippen MR) is 105 cm³/mol. The van der Waals surface area contributed by atoms with Crippen molar-refractivity contribution < 1.29 is 4.79 Å². The van der Waals surface area contributed by atoms with Crippen molar-refractivity contribution in [1.82, 2.24) is 15.3 Å². The molecule has 7 heteroatoms. The molecule has 1 saturated heterocycles. The summed E-state index contributed by atoms with van der Waals surface area (Å²) in [4.78, 5) is 32.8. The number of aromatic amines is 1. The van der Waals surface area contributed by atoms with Gasteiger partial charge in [0, 0.05) is 31.6 Å². The third kappa shape index (κ3) is 3.97. The molecule has 2 aromatic rings. The SMILES string of the molecule is Nc1nc(N2CCC(NC(=O)CC3CCc4ccccc43)CC2)cc(=O)[nH]1. The maximum atomic E-state index is 12.5. The van der Waals surface area contributed by atoms with E-state index in [1.54, 1.807) is 0 Å². The topological polar surface area (TPSA) is 104 Å². The van der Waals surface area contributed by atoms with E-state index in [9.17, 15) is 9.59 Å². The Kier molecular flexibility index (Phi) is 4.83. The lowest BCUT2D eigenvalue weighted by molar-refractivity contribution is -0.122. The number of carbonyl (C=O) groups is 1. The van der Waals surface area contributed by atoms with E-state index >= 15 is 0 Å². The zero-order valence-electron chi connectivity index (χ0n) is 15.3. The van der Waals surface area contributed by atoms with Crippen LogP contribution in [0.4, 0.5) is 11.8 Å². The van der Waals surface area contributed by atoms with Gasteiger partial charge in [-0.1, -0.05) is 24.3 Å². The molecule has 2 aliphatic rings. The van der Waals surface area contributed by atoms with Gasteiger partial charge in [-0.05, 0) is 42.7 Å². The van der Waals surface area contributed by atoms with Gasteiger partial charge in [-0.15, -0.1) is 0 Å². The number of amides is 1. The summed E-state index contributed by atoms with van der Waals surface area (Å²) in [6.07, 6.45) is 4.35. The Hall–Kier alpha value is -2.83. The van der Waals surface area contributed by atoms with Crippen LogP contribution in [0, 0.1) is 0 Å². The van der Waals surface area contributed by atoms with Crippen LogP contribution in [0.25, 0.3) is 0 Å². The minimum absolute atomic E-state index is 0.129. The van der Waals surface area contributed by atoms with Crippen LogP contribution >= 0.6 is 0 Å². The summed E-state index contributed by atoms with van der Waals surface area (Å²) >= 11 is 0. The van der Waals surface area contributed by atoms with Crippen LogP contribution in [0.1, 0.15) is 42.7 Å². The Balaban J connectivity index is 1.29. The van der Waals surface area contributed by atoms with Crippen molar-refractivity contribution in [3.05, 3.63) is 51.8 Å². The number of benzene rings is 1. The van der Waals surface area contributed by atoms with E-state index in [1.165, 1.54) is 17.2 Å². The minimum atomic E-state index is -0.246. The number of nitrogens with zero attached hydrogens (tertiary/aromatic N) is 2. The number of hydrogen-bond donors (Lipinski definition) is 3. The zero-order valence-corrected chi connectivity index (χ0v) is 15.3. The number of fused-ring (bicyclic) bond motifs is 1. The Morgan fingerprint density at radius 2 is 2.04 bits per heavy atom. The molecule has 142 valence electrons. The van der Waals surface area contributed by atoms with E-state index in [0.717, 1.165) is 38.8 Å². The number of nitrogens with two attached hydrogens (primary N) is 1. The summed E-state index contributed by atoms with van der Waals surface area (Å²) in [6.45, 7) is 1.49. The van der Waals surface area contributed by atoms with Gasteiger partial charge >= 0.3 is 0 Å². The standard InChI is InChI=1S/C20H25N5O2/c21-20-23-17(12-19(27)24-20)25-9-7-15(8-10-25)22-18(26)11-14-6-5-13-3-1-2-4-16(13)14/h1-4,12,14-15H,5-11H2,(H,22,26)(H3,21,23,24,27). The van der Waals surface area contributed by atoms with Crippen LogP contribution in [0.2, 0.25) is 0 Å². The average Bonchev–Trinajstić information content (AvgIpc) is 3.04. The molecule has 1 unspecified atom stereocenters. The molecule has 27 heavy (non-hydrogen) atoms. The summed E-state index contributed by atoms with van der Waals surface area (Å²) in [5.41, 5.74) is 8.09. The number of nitrogens with one attached hydrogen (secondary N) is 2.